The summed E-state index contributed by atoms with van der Waals surface area (Å²) in [5.74, 6) is -1.97. The van der Waals surface area contributed by atoms with Crippen LogP contribution in [0.25, 0.3) is 0 Å². The van der Waals surface area contributed by atoms with Crippen LogP contribution in [0.2, 0.25) is 0 Å². The number of amides is 3. The van der Waals surface area contributed by atoms with Crippen LogP contribution < -0.4 is 5.32 Å². The van der Waals surface area contributed by atoms with E-state index in [1.807, 2.05) is 0 Å². The summed E-state index contributed by atoms with van der Waals surface area (Å²) in [4.78, 5) is 34.3. The second kappa shape index (κ2) is 5.27. The van der Waals surface area contributed by atoms with Crippen molar-refractivity contribution in [2.45, 2.75) is 11.7 Å². The summed E-state index contributed by atoms with van der Waals surface area (Å²) < 4.78 is 31.2. The minimum Gasteiger partial charge on any atom is -0.359 e. The summed E-state index contributed by atoms with van der Waals surface area (Å²) >= 11 is 0. The lowest BCUT2D eigenvalue weighted by molar-refractivity contribution is -0.137. The maximum absolute atomic E-state index is 11.2. The fourth-order valence-corrected chi connectivity index (χ4v) is 2.09. The molecule has 0 aromatic heterocycles. The third-order valence-electron chi connectivity index (χ3n) is 2.40. The van der Waals surface area contributed by atoms with Gasteiger partial charge in [-0.3, -0.25) is 23.8 Å². The van der Waals surface area contributed by atoms with Gasteiger partial charge in [-0.05, 0) is 0 Å². The van der Waals surface area contributed by atoms with Crippen molar-refractivity contribution < 1.29 is 27.4 Å². The van der Waals surface area contributed by atoms with Crippen LogP contribution in [0, 0.1) is 0 Å². The molecule has 1 aliphatic rings. The summed E-state index contributed by atoms with van der Waals surface area (Å²) in [6.07, 6.45) is 1.44. The summed E-state index contributed by atoms with van der Waals surface area (Å²) in [7, 11) is -3.24. The minimum absolute atomic E-state index is 0.535. The largest absolute Gasteiger partial charge is 0.359 e. The summed E-state index contributed by atoms with van der Waals surface area (Å²) in [5.41, 5.74) is 0. The normalized spacial score (nSPS) is 17.1. The summed E-state index contributed by atoms with van der Waals surface area (Å²) in [5, 5.41) is 0.660. The molecule has 18 heavy (non-hydrogen) atoms. The van der Waals surface area contributed by atoms with Gasteiger partial charge >= 0.3 is 0 Å². The van der Waals surface area contributed by atoms with Gasteiger partial charge in [0.2, 0.25) is 5.91 Å². The minimum atomic E-state index is -4.54. The molecule has 0 bridgehead atoms. The van der Waals surface area contributed by atoms with E-state index in [0.717, 1.165) is 12.2 Å². The van der Waals surface area contributed by atoms with Gasteiger partial charge in [0, 0.05) is 32.2 Å². The number of carbonyl (C=O) groups is 3. The van der Waals surface area contributed by atoms with Crippen molar-refractivity contribution in [1.82, 2.24) is 10.2 Å². The van der Waals surface area contributed by atoms with Crippen molar-refractivity contribution in [3.8, 4) is 0 Å². The number of carbonyl (C=O) groups excluding carboxylic acids is 3. The first-order valence-corrected chi connectivity index (χ1v) is 6.46. The highest BCUT2D eigenvalue weighted by Gasteiger charge is 2.33. The molecular weight excluding hydrogens is 264 g/mol. The van der Waals surface area contributed by atoms with Crippen molar-refractivity contribution >= 4 is 27.8 Å². The molecule has 1 atom stereocenters. The SMILES string of the molecule is CNC(=O)CC(CN1C(=O)C=CC1=O)S(=O)(=O)O. The first-order chi connectivity index (χ1) is 8.25. The van der Waals surface area contributed by atoms with Crippen molar-refractivity contribution in [3.63, 3.8) is 0 Å². The van der Waals surface area contributed by atoms with E-state index in [1.54, 1.807) is 0 Å². The quantitative estimate of drug-likeness (QED) is 0.456. The van der Waals surface area contributed by atoms with Crippen molar-refractivity contribution in [1.29, 1.82) is 0 Å². The molecule has 2 N–H and O–H groups in total. The van der Waals surface area contributed by atoms with Gasteiger partial charge in [0.05, 0.1) is 0 Å². The van der Waals surface area contributed by atoms with Gasteiger partial charge in [-0.1, -0.05) is 0 Å². The van der Waals surface area contributed by atoms with Crippen LogP contribution in [0.15, 0.2) is 12.2 Å². The number of imide groups is 1. The fourth-order valence-electron chi connectivity index (χ4n) is 1.39. The van der Waals surface area contributed by atoms with Gasteiger partial charge < -0.3 is 5.32 Å². The monoisotopic (exact) mass is 276 g/mol. The molecular formula is C9H12N2O6S. The lowest BCUT2D eigenvalue weighted by atomic mass is 10.2. The van der Waals surface area contributed by atoms with Crippen molar-refractivity contribution in [3.05, 3.63) is 12.2 Å². The standard InChI is InChI=1S/C9H12N2O6S/c1-10-7(12)4-6(18(15,16)17)5-11-8(13)2-3-9(11)14/h2-3,6H,4-5H2,1H3,(H,10,12)(H,15,16,17). The molecule has 0 fully saturated rings. The molecule has 100 valence electrons. The zero-order chi connectivity index (χ0) is 13.9. The van der Waals surface area contributed by atoms with Gasteiger partial charge in [0.25, 0.3) is 21.9 Å². The topological polar surface area (TPSA) is 121 Å². The first-order valence-electron chi connectivity index (χ1n) is 4.96. The van der Waals surface area contributed by atoms with E-state index < -0.39 is 46.1 Å². The predicted octanol–water partition coefficient (Wildman–Crippen LogP) is -1.70. The van der Waals surface area contributed by atoms with Crippen LogP contribution in [-0.4, -0.2) is 54.4 Å². The molecule has 0 aromatic rings. The Kier molecular flexibility index (Phi) is 4.19. The van der Waals surface area contributed by atoms with E-state index >= 15 is 0 Å². The van der Waals surface area contributed by atoms with E-state index in [4.69, 9.17) is 4.55 Å². The zero-order valence-corrected chi connectivity index (χ0v) is 10.3. The molecule has 0 aromatic carbocycles. The molecule has 0 saturated heterocycles. The van der Waals surface area contributed by atoms with Crippen molar-refractivity contribution in [2.75, 3.05) is 13.6 Å². The molecule has 8 nitrogen and oxygen atoms in total. The number of nitrogens with one attached hydrogen (secondary N) is 1. The van der Waals surface area contributed by atoms with Crippen LogP contribution >= 0.6 is 0 Å². The highest BCUT2D eigenvalue weighted by molar-refractivity contribution is 7.86. The van der Waals surface area contributed by atoms with Gasteiger partial charge in [-0.15, -0.1) is 0 Å². The Labute approximate surface area is 103 Å². The van der Waals surface area contributed by atoms with Crippen LogP contribution in [0.1, 0.15) is 6.42 Å². The van der Waals surface area contributed by atoms with Crippen molar-refractivity contribution in [2.24, 2.45) is 0 Å². The summed E-state index contributed by atoms with van der Waals surface area (Å²) in [6, 6.07) is 0. The zero-order valence-electron chi connectivity index (χ0n) is 9.49. The third kappa shape index (κ3) is 3.37. The highest BCUT2D eigenvalue weighted by atomic mass is 32.2. The Bertz CT molecular complexity index is 491. The highest BCUT2D eigenvalue weighted by Crippen LogP contribution is 2.11. The van der Waals surface area contributed by atoms with Crippen LogP contribution in [0.3, 0.4) is 0 Å². The number of hydrogen-bond donors (Lipinski definition) is 2. The van der Waals surface area contributed by atoms with Crippen LogP contribution in [-0.2, 0) is 24.5 Å². The molecule has 0 saturated carbocycles. The smallest absolute Gasteiger partial charge is 0.270 e. The first kappa shape index (κ1) is 14.3. The average Bonchev–Trinajstić information content (AvgIpc) is 2.58. The molecule has 3 amide bonds. The number of hydrogen-bond acceptors (Lipinski definition) is 5. The Hall–Kier alpha value is -1.74. The molecule has 0 radical (unpaired) electrons. The van der Waals surface area contributed by atoms with E-state index in [2.05, 4.69) is 5.32 Å². The maximum Gasteiger partial charge on any atom is 0.270 e. The van der Waals surface area contributed by atoms with E-state index in [1.165, 1.54) is 7.05 Å². The van der Waals surface area contributed by atoms with Crippen LogP contribution in [0.5, 0.6) is 0 Å². The number of nitrogens with zero attached hydrogens (tertiary/aromatic N) is 1. The molecule has 1 heterocycles. The predicted molar refractivity (Wildman–Crippen MR) is 59.9 cm³/mol. The second-order valence-corrected chi connectivity index (χ2v) is 5.33. The second-order valence-electron chi connectivity index (χ2n) is 3.63. The molecule has 1 rings (SSSR count). The molecule has 1 unspecified atom stereocenters. The van der Waals surface area contributed by atoms with Crippen LogP contribution in [0.4, 0.5) is 0 Å². The van der Waals surface area contributed by atoms with Gasteiger partial charge in [-0.25, -0.2) is 0 Å². The Morgan fingerprint density at radius 1 is 1.39 bits per heavy atom. The fraction of sp³-hybridized carbons (Fsp3) is 0.444. The Morgan fingerprint density at radius 3 is 2.28 bits per heavy atom. The average molecular weight is 276 g/mol. The van der Waals surface area contributed by atoms with E-state index in [0.29, 0.717) is 4.90 Å². The molecule has 1 aliphatic heterocycles. The third-order valence-corrected chi connectivity index (χ3v) is 3.56. The van der Waals surface area contributed by atoms with E-state index in [9.17, 15) is 22.8 Å². The summed E-state index contributed by atoms with van der Waals surface area (Å²) in [6.45, 7) is -0.559. The lowest BCUT2D eigenvalue weighted by Gasteiger charge is -2.19. The molecule has 0 spiro atoms. The Balaban J connectivity index is 2.83. The van der Waals surface area contributed by atoms with Gasteiger partial charge in [0.1, 0.15) is 5.25 Å². The maximum atomic E-state index is 11.2. The van der Waals surface area contributed by atoms with Gasteiger partial charge in [-0.2, -0.15) is 8.42 Å². The lowest BCUT2D eigenvalue weighted by Crippen LogP contribution is -2.42. The molecule has 0 aliphatic carbocycles. The Morgan fingerprint density at radius 2 is 1.89 bits per heavy atom. The van der Waals surface area contributed by atoms with E-state index in [-0.39, 0.29) is 0 Å². The molecule has 9 heteroatoms. The van der Waals surface area contributed by atoms with Gasteiger partial charge in [0.15, 0.2) is 0 Å². The number of rotatable bonds is 5.